The number of carbonyl (C=O) groups is 1. The summed E-state index contributed by atoms with van der Waals surface area (Å²) in [6, 6.07) is 5.60. The van der Waals surface area contributed by atoms with Crippen LogP contribution in [0.1, 0.15) is 24.2 Å². The van der Waals surface area contributed by atoms with Crippen LogP contribution in [0, 0.1) is 5.92 Å². The number of ether oxygens (including phenoxy) is 1. The predicted octanol–water partition coefficient (Wildman–Crippen LogP) is 2.05. The van der Waals surface area contributed by atoms with E-state index < -0.39 is 5.97 Å². The molecule has 0 aliphatic heterocycles. The topological polar surface area (TPSA) is 67.6 Å². The van der Waals surface area contributed by atoms with E-state index in [1.54, 1.807) is 12.1 Å². The Labute approximate surface area is 121 Å². The van der Waals surface area contributed by atoms with Gasteiger partial charge in [-0.15, -0.1) is 0 Å². The highest BCUT2D eigenvalue weighted by Gasteiger charge is 2.18. The third-order valence-corrected chi connectivity index (χ3v) is 3.22. The van der Waals surface area contributed by atoms with Crippen LogP contribution in [0.5, 0.6) is 0 Å². The molecule has 0 bridgehead atoms. The van der Waals surface area contributed by atoms with E-state index in [-0.39, 0.29) is 6.04 Å². The Bertz CT molecular complexity index is 458. The van der Waals surface area contributed by atoms with E-state index in [1.807, 2.05) is 20.2 Å². The highest BCUT2D eigenvalue weighted by molar-refractivity contribution is 5.98. The van der Waals surface area contributed by atoms with Crippen LogP contribution in [0.15, 0.2) is 18.2 Å². The highest BCUT2D eigenvalue weighted by Crippen LogP contribution is 2.25. The molecule has 0 aliphatic carbocycles. The lowest BCUT2D eigenvalue weighted by Crippen LogP contribution is -2.36. The van der Waals surface area contributed by atoms with Crippen LogP contribution in [-0.4, -0.2) is 44.7 Å². The van der Waals surface area contributed by atoms with Gasteiger partial charge in [0.2, 0.25) is 0 Å². The van der Waals surface area contributed by atoms with Crippen molar-refractivity contribution in [2.75, 3.05) is 38.8 Å². The Balaban J connectivity index is 2.98. The third kappa shape index (κ3) is 4.13. The molecular weight excluding hydrogens is 254 g/mol. The number of likely N-dealkylation sites (N-methyl/N-ethyl adjacent to an activating group) is 1. The number of hydrogen-bond acceptors (Lipinski definition) is 5. The van der Waals surface area contributed by atoms with E-state index in [0.29, 0.717) is 17.2 Å². The first-order valence-corrected chi connectivity index (χ1v) is 6.74. The molecule has 0 amide bonds. The summed E-state index contributed by atoms with van der Waals surface area (Å²) in [7, 11) is 5.42. The molecule has 1 aromatic rings. The van der Waals surface area contributed by atoms with Gasteiger partial charge in [-0.2, -0.15) is 0 Å². The molecule has 1 unspecified atom stereocenters. The van der Waals surface area contributed by atoms with Crippen molar-refractivity contribution in [2.24, 2.45) is 5.92 Å². The Morgan fingerprint density at radius 3 is 2.55 bits per heavy atom. The lowest BCUT2D eigenvalue weighted by Gasteiger charge is -2.27. The smallest absolute Gasteiger partial charge is 0.340 e. The summed E-state index contributed by atoms with van der Waals surface area (Å²) in [5.41, 5.74) is 7.66. The van der Waals surface area contributed by atoms with Gasteiger partial charge in [-0.25, -0.2) is 4.79 Å². The van der Waals surface area contributed by atoms with Gasteiger partial charge < -0.3 is 20.7 Å². The van der Waals surface area contributed by atoms with E-state index in [9.17, 15) is 4.79 Å². The Morgan fingerprint density at radius 1 is 1.40 bits per heavy atom. The fraction of sp³-hybridized carbons (Fsp3) is 0.533. The van der Waals surface area contributed by atoms with Crippen molar-refractivity contribution in [2.45, 2.75) is 19.9 Å². The van der Waals surface area contributed by atoms with Gasteiger partial charge in [0, 0.05) is 12.6 Å². The van der Waals surface area contributed by atoms with E-state index in [4.69, 9.17) is 10.5 Å². The second-order valence-electron chi connectivity index (χ2n) is 5.52. The van der Waals surface area contributed by atoms with Crippen LogP contribution < -0.4 is 11.1 Å². The number of nitrogen functional groups attached to an aromatic ring is 1. The summed E-state index contributed by atoms with van der Waals surface area (Å²) >= 11 is 0. The third-order valence-electron chi connectivity index (χ3n) is 3.22. The van der Waals surface area contributed by atoms with Crippen LogP contribution in [0.25, 0.3) is 0 Å². The lowest BCUT2D eigenvalue weighted by molar-refractivity contribution is 0.0602. The molecule has 0 aliphatic rings. The largest absolute Gasteiger partial charge is 0.465 e. The summed E-state index contributed by atoms with van der Waals surface area (Å²) in [6.07, 6.45) is 0. The standard InChI is InChI=1S/C15H25N3O2/c1-10(2)13(9-18(3)4)17-12-8-6-7-11(14(12)16)15(19)20-5/h6-8,10,13,17H,9,16H2,1-5H3. The van der Waals surface area contributed by atoms with Crippen LogP contribution in [0.2, 0.25) is 0 Å². The molecule has 20 heavy (non-hydrogen) atoms. The monoisotopic (exact) mass is 279 g/mol. The molecule has 1 rings (SSSR count). The molecule has 0 spiro atoms. The number of anilines is 2. The van der Waals surface area contributed by atoms with Crippen molar-refractivity contribution in [1.82, 2.24) is 4.90 Å². The maximum Gasteiger partial charge on any atom is 0.340 e. The molecule has 0 aromatic heterocycles. The Kier molecular flexibility index (Phi) is 5.82. The zero-order chi connectivity index (χ0) is 15.3. The van der Waals surface area contributed by atoms with Gasteiger partial charge in [0.05, 0.1) is 24.0 Å². The van der Waals surface area contributed by atoms with Crippen LogP contribution in [0.4, 0.5) is 11.4 Å². The Hall–Kier alpha value is -1.75. The summed E-state index contributed by atoms with van der Waals surface area (Å²) in [6.45, 7) is 5.20. The normalized spacial score (nSPS) is 12.6. The fourth-order valence-corrected chi connectivity index (χ4v) is 2.00. The van der Waals surface area contributed by atoms with Crippen molar-refractivity contribution >= 4 is 17.3 Å². The Morgan fingerprint density at radius 2 is 2.05 bits per heavy atom. The second kappa shape index (κ2) is 7.14. The average Bonchev–Trinajstić information content (AvgIpc) is 2.38. The number of carbonyl (C=O) groups excluding carboxylic acids is 1. The molecule has 3 N–H and O–H groups in total. The first-order valence-electron chi connectivity index (χ1n) is 6.74. The summed E-state index contributed by atoms with van der Waals surface area (Å²) in [5.74, 6) is 0.0263. The van der Waals surface area contributed by atoms with Crippen molar-refractivity contribution in [3.05, 3.63) is 23.8 Å². The van der Waals surface area contributed by atoms with E-state index in [1.165, 1.54) is 7.11 Å². The van der Waals surface area contributed by atoms with Gasteiger partial charge in [-0.1, -0.05) is 19.9 Å². The van der Waals surface area contributed by atoms with Gasteiger partial charge >= 0.3 is 5.97 Å². The van der Waals surface area contributed by atoms with Crippen molar-refractivity contribution < 1.29 is 9.53 Å². The van der Waals surface area contributed by atoms with Gasteiger partial charge in [0.25, 0.3) is 0 Å². The number of nitrogens with zero attached hydrogens (tertiary/aromatic N) is 1. The summed E-state index contributed by atoms with van der Waals surface area (Å²) in [5, 5.41) is 3.42. The van der Waals surface area contributed by atoms with Gasteiger partial charge in [-0.3, -0.25) is 0 Å². The number of para-hydroxylation sites is 1. The predicted molar refractivity (Wildman–Crippen MR) is 83.0 cm³/mol. The highest BCUT2D eigenvalue weighted by atomic mass is 16.5. The molecule has 112 valence electrons. The van der Waals surface area contributed by atoms with Crippen LogP contribution in [0.3, 0.4) is 0 Å². The van der Waals surface area contributed by atoms with Crippen molar-refractivity contribution in [1.29, 1.82) is 0 Å². The summed E-state index contributed by atoms with van der Waals surface area (Å²) < 4.78 is 4.73. The number of hydrogen-bond donors (Lipinski definition) is 2. The number of rotatable bonds is 6. The zero-order valence-electron chi connectivity index (χ0n) is 12.9. The first-order chi connectivity index (χ1) is 9.36. The molecule has 0 saturated carbocycles. The zero-order valence-corrected chi connectivity index (χ0v) is 12.9. The van der Waals surface area contributed by atoms with E-state index >= 15 is 0 Å². The minimum absolute atomic E-state index is 0.250. The number of esters is 1. The maximum atomic E-state index is 11.6. The van der Waals surface area contributed by atoms with Gasteiger partial charge in [0.15, 0.2) is 0 Å². The summed E-state index contributed by atoms with van der Waals surface area (Å²) in [4.78, 5) is 13.8. The van der Waals surface area contributed by atoms with Crippen molar-refractivity contribution in [3.63, 3.8) is 0 Å². The van der Waals surface area contributed by atoms with Crippen molar-refractivity contribution in [3.8, 4) is 0 Å². The minimum Gasteiger partial charge on any atom is -0.465 e. The second-order valence-corrected chi connectivity index (χ2v) is 5.52. The number of benzene rings is 1. The molecule has 0 heterocycles. The maximum absolute atomic E-state index is 11.6. The van der Waals surface area contributed by atoms with Gasteiger partial charge in [-0.05, 0) is 32.1 Å². The van der Waals surface area contributed by atoms with Crippen LogP contribution >= 0.6 is 0 Å². The molecule has 5 heteroatoms. The van der Waals surface area contributed by atoms with E-state index in [0.717, 1.165) is 12.2 Å². The molecule has 1 aromatic carbocycles. The quantitative estimate of drug-likeness (QED) is 0.616. The SMILES string of the molecule is COC(=O)c1cccc(NC(CN(C)C)C(C)C)c1N. The molecule has 0 radical (unpaired) electrons. The number of methoxy groups -OCH3 is 1. The minimum atomic E-state index is -0.417. The molecule has 1 atom stereocenters. The van der Waals surface area contributed by atoms with Gasteiger partial charge in [0.1, 0.15) is 0 Å². The fourth-order valence-electron chi connectivity index (χ4n) is 2.00. The molecular formula is C15H25N3O2. The number of nitrogens with one attached hydrogen (secondary N) is 1. The molecule has 0 saturated heterocycles. The van der Waals surface area contributed by atoms with Crippen LogP contribution in [-0.2, 0) is 4.74 Å². The lowest BCUT2D eigenvalue weighted by atomic mass is 10.0. The van der Waals surface area contributed by atoms with E-state index in [2.05, 4.69) is 24.1 Å². The number of nitrogens with two attached hydrogens (primary N) is 1. The average molecular weight is 279 g/mol. The molecule has 5 nitrogen and oxygen atoms in total. The first kappa shape index (κ1) is 16.3. The molecule has 0 fully saturated rings.